The van der Waals surface area contributed by atoms with Gasteiger partial charge in [0.15, 0.2) is 11.5 Å². The van der Waals surface area contributed by atoms with E-state index in [1.807, 2.05) is 73.7 Å². The summed E-state index contributed by atoms with van der Waals surface area (Å²) in [5, 5.41) is 11.6. The molecule has 0 spiro atoms. The fourth-order valence-corrected chi connectivity index (χ4v) is 5.68. The number of rotatable bonds is 12. The molecule has 10 nitrogen and oxygen atoms in total. The molecule has 0 fully saturated rings. The number of carbonyl (C=O) groups excluding carboxylic acids is 1. The van der Waals surface area contributed by atoms with Crippen molar-refractivity contribution in [2.75, 3.05) is 51.6 Å². The molecule has 1 aliphatic rings. The van der Waals surface area contributed by atoms with Crippen molar-refractivity contribution in [1.82, 2.24) is 19.9 Å². The molecule has 1 aliphatic heterocycles. The third-order valence-corrected chi connectivity index (χ3v) is 8.41. The summed E-state index contributed by atoms with van der Waals surface area (Å²) >= 11 is 0. The first kappa shape index (κ1) is 31.6. The minimum atomic E-state index is -0.205. The van der Waals surface area contributed by atoms with Crippen LogP contribution < -0.4 is 24.4 Å². The van der Waals surface area contributed by atoms with E-state index in [1.54, 1.807) is 18.9 Å². The number of fused-ring (bicyclic) bond motifs is 1. The minimum absolute atomic E-state index is 0.205. The van der Waals surface area contributed by atoms with E-state index in [-0.39, 0.29) is 12.5 Å². The first-order chi connectivity index (χ1) is 22.9. The van der Waals surface area contributed by atoms with Crippen LogP contribution in [0.25, 0.3) is 5.69 Å². The fraction of sp³-hybridized carbons (Fsp3) is 0.270. The summed E-state index contributed by atoms with van der Waals surface area (Å²) in [6.45, 7) is 3.11. The second kappa shape index (κ2) is 14.4. The molecule has 0 atom stereocenters. The number of hydrogen-bond donors (Lipinski definition) is 1. The highest BCUT2D eigenvalue weighted by Crippen LogP contribution is 2.33. The number of carbonyl (C=O) groups is 1. The predicted octanol–water partition coefficient (Wildman–Crippen LogP) is 5.78. The Morgan fingerprint density at radius 1 is 0.894 bits per heavy atom. The molecule has 1 amide bonds. The van der Waals surface area contributed by atoms with E-state index in [0.717, 1.165) is 55.3 Å². The van der Waals surface area contributed by atoms with Crippen LogP contribution in [0.2, 0.25) is 0 Å². The Hall–Kier alpha value is -5.35. The second-order valence-corrected chi connectivity index (χ2v) is 11.8. The monoisotopic (exact) mass is 632 g/mol. The molecule has 10 heteroatoms. The number of nitrogens with one attached hydrogen (secondary N) is 1. The third kappa shape index (κ3) is 7.56. The summed E-state index contributed by atoms with van der Waals surface area (Å²) in [5.41, 5.74) is 7.68. The van der Waals surface area contributed by atoms with Gasteiger partial charge in [-0.1, -0.05) is 29.5 Å². The van der Waals surface area contributed by atoms with E-state index < -0.39 is 0 Å². The van der Waals surface area contributed by atoms with Crippen LogP contribution in [0.15, 0.2) is 91.1 Å². The number of hydrogen-bond acceptors (Lipinski definition) is 8. The Bertz CT molecular complexity index is 1820. The average molecular weight is 633 g/mol. The fourth-order valence-electron chi connectivity index (χ4n) is 5.68. The maximum Gasteiger partial charge on any atom is 0.255 e. The van der Waals surface area contributed by atoms with Crippen molar-refractivity contribution in [2.24, 2.45) is 0 Å². The summed E-state index contributed by atoms with van der Waals surface area (Å²) in [6.07, 6.45) is 3.81. The molecule has 0 radical (unpaired) electrons. The van der Waals surface area contributed by atoms with Crippen LogP contribution in [-0.4, -0.2) is 67.2 Å². The number of aromatic nitrogens is 3. The van der Waals surface area contributed by atoms with Crippen molar-refractivity contribution in [3.05, 3.63) is 119 Å². The highest BCUT2D eigenvalue weighted by atomic mass is 16.5. The Labute approximate surface area is 275 Å². The lowest BCUT2D eigenvalue weighted by atomic mass is 9.98. The molecule has 0 aliphatic carbocycles. The Kier molecular flexibility index (Phi) is 9.68. The Morgan fingerprint density at radius 3 is 2.34 bits per heavy atom. The van der Waals surface area contributed by atoms with Gasteiger partial charge in [-0.15, -0.1) is 5.10 Å². The van der Waals surface area contributed by atoms with E-state index >= 15 is 0 Å². The van der Waals surface area contributed by atoms with Crippen molar-refractivity contribution in [2.45, 2.75) is 26.0 Å². The molecule has 0 saturated heterocycles. The number of methoxy groups -OCH3 is 2. The standard InChI is InChI=1S/C37H40N6O4/c1-41(2)31-15-11-27(12-16-31)37(44)38-33-7-5-6-8-34(33)47-25-30-24-43(40-39-30)32-13-9-26(10-14-32)17-19-42-20-18-28-21-35(45-3)36(46-4)22-29(28)23-42/h5-16,21-22,24H,17-20,23,25H2,1-4H3,(H,38,44). The Balaban J connectivity index is 1.02. The normalized spacial score (nSPS) is 12.7. The number of para-hydroxylation sites is 2. The molecule has 0 saturated carbocycles. The van der Waals surface area contributed by atoms with Crippen LogP contribution in [0.5, 0.6) is 17.2 Å². The van der Waals surface area contributed by atoms with Crippen LogP contribution in [0.1, 0.15) is 32.7 Å². The molecule has 1 N–H and O–H groups in total. The van der Waals surface area contributed by atoms with E-state index in [2.05, 4.69) is 56.9 Å². The lowest BCUT2D eigenvalue weighted by Gasteiger charge is -2.29. The zero-order valence-electron chi connectivity index (χ0n) is 27.3. The molecule has 1 aromatic heterocycles. The highest BCUT2D eigenvalue weighted by Gasteiger charge is 2.19. The van der Waals surface area contributed by atoms with Crippen LogP contribution in [0.4, 0.5) is 11.4 Å². The number of anilines is 2. The van der Waals surface area contributed by atoms with Gasteiger partial charge in [-0.05, 0) is 90.2 Å². The lowest BCUT2D eigenvalue weighted by Crippen LogP contribution is -2.32. The zero-order valence-corrected chi connectivity index (χ0v) is 27.3. The topological polar surface area (TPSA) is 94.0 Å². The minimum Gasteiger partial charge on any atom is -0.493 e. The Morgan fingerprint density at radius 2 is 1.62 bits per heavy atom. The summed E-state index contributed by atoms with van der Waals surface area (Å²) in [6, 6.07) is 27.4. The summed E-state index contributed by atoms with van der Waals surface area (Å²) in [7, 11) is 7.29. The van der Waals surface area contributed by atoms with Crippen molar-refractivity contribution in [1.29, 1.82) is 0 Å². The number of nitrogens with zero attached hydrogens (tertiary/aromatic N) is 5. The summed E-state index contributed by atoms with van der Waals surface area (Å²) in [4.78, 5) is 17.4. The maximum atomic E-state index is 12.9. The molecule has 47 heavy (non-hydrogen) atoms. The molecule has 2 heterocycles. The van der Waals surface area contributed by atoms with Crippen molar-refractivity contribution >= 4 is 17.3 Å². The van der Waals surface area contributed by atoms with Gasteiger partial charge in [0.05, 0.1) is 31.8 Å². The van der Waals surface area contributed by atoms with Gasteiger partial charge < -0.3 is 24.4 Å². The quantitative estimate of drug-likeness (QED) is 0.185. The van der Waals surface area contributed by atoms with Crippen LogP contribution in [0, 0.1) is 0 Å². The molecule has 6 rings (SSSR count). The molecule has 0 unspecified atom stereocenters. The molecule has 4 aromatic carbocycles. The summed E-state index contributed by atoms with van der Waals surface area (Å²) in [5.74, 6) is 1.92. The highest BCUT2D eigenvalue weighted by molar-refractivity contribution is 6.05. The van der Waals surface area contributed by atoms with Gasteiger partial charge in [0.25, 0.3) is 5.91 Å². The number of benzene rings is 4. The van der Waals surface area contributed by atoms with Gasteiger partial charge in [-0.2, -0.15) is 0 Å². The van der Waals surface area contributed by atoms with Gasteiger partial charge in [-0.25, -0.2) is 4.68 Å². The second-order valence-electron chi connectivity index (χ2n) is 11.8. The molecular weight excluding hydrogens is 592 g/mol. The number of ether oxygens (including phenoxy) is 3. The zero-order chi connectivity index (χ0) is 32.8. The predicted molar refractivity (Wildman–Crippen MR) is 183 cm³/mol. The van der Waals surface area contributed by atoms with E-state index in [0.29, 0.717) is 22.7 Å². The SMILES string of the molecule is COc1cc2c(cc1OC)CN(CCc1ccc(-n3cc(COc4ccccc4NC(=O)c4ccc(N(C)C)cc4)nn3)cc1)CC2. The molecule has 242 valence electrons. The van der Waals surface area contributed by atoms with Gasteiger partial charge in [0, 0.05) is 45.0 Å². The first-order valence-electron chi connectivity index (χ1n) is 15.7. The molecular formula is C37H40N6O4. The largest absolute Gasteiger partial charge is 0.493 e. The van der Waals surface area contributed by atoms with Crippen LogP contribution in [0.3, 0.4) is 0 Å². The van der Waals surface area contributed by atoms with E-state index in [9.17, 15) is 4.79 Å². The maximum absolute atomic E-state index is 12.9. The van der Waals surface area contributed by atoms with Crippen LogP contribution in [-0.2, 0) is 26.0 Å². The average Bonchev–Trinajstić information content (AvgIpc) is 3.59. The van der Waals surface area contributed by atoms with Crippen LogP contribution >= 0.6 is 0 Å². The first-order valence-corrected chi connectivity index (χ1v) is 15.7. The smallest absolute Gasteiger partial charge is 0.255 e. The molecule has 0 bridgehead atoms. The lowest BCUT2D eigenvalue weighted by molar-refractivity contribution is 0.102. The van der Waals surface area contributed by atoms with Gasteiger partial charge in [-0.3, -0.25) is 9.69 Å². The van der Waals surface area contributed by atoms with Gasteiger partial charge in [0.2, 0.25) is 0 Å². The summed E-state index contributed by atoms with van der Waals surface area (Å²) < 4.78 is 18.8. The van der Waals surface area contributed by atoms with E-state index in [4.69, 9.17) is 14.2 Å². The molecule has 5 aromatic rings. The van der Waals surface area contributed by atoms with Crippen molar-refractivity contribution in [3.8, 4) is 22.9 Å². The van der Waals surface area contributed by atoms with Gasteiger partial charge in [0.1, 0.15) is 18.1 Å². The third-order valence-electron chi connectivity index (χ3n) is 8.41. The van der Waals surface area contributed by atoms with Crippen molar-refractivity contribution in [3.63, 3.8) is 0 Å². The van der Waals surface area contributed by atoms with E-state index in [1.165, 1.54) is 16.7 Å². The van der Waals surface area contributed by atoms with Gasteiger partial charge >= 0.3 is 0 Å². The van der Waals surface area contributed by atoms with Crippen molar-refractivity contribution < 1.29 is 19.0 Å². The number of amides is 1.